The number of carbonyl (C=O) groups is 1. The smallest absolute Gasteiger partial charge is 0.307 e. The Balaban J connectivity index is 4.60. The van der Waals surface area contributed by atoms with Gasteiger partial charge in [-0.15, -0.1) is 0 Å². The third kappa shape index (κ3) is 4.64. The predicted molar refractivity (Wildman–Crippen MR) is 58.9 cm³/mol. The van der Waals surface area contributed by atoms with Gasteiger partial charge in [0.25, 0.3) is 5.91 Å². The van der Waals surface area contributed by atoms with Crippen LogP contribution in [0.4, 0.5) is 4.39 Å². The summed E-state index contributed by atoms with van der Waals surface area (Å²) in [7, 11) is -3.93. The molecule has 90 valence electrons. The van der Waals surface area contributed by atoms with E-state index in [1.807, 2.05) is 0 Å². The molecular formula is C8H16FO4PS. The molecule has 0 saturated heterocycles. The van der Waals surface area contributed by atoms with Crippen molar-refractivity contribution in [2.75, 3.05) is 19.0 Å². The highest BCUT2D eigenvalue weighted by molar-refractivity contribution is 8.14. The lowest BCUT2D eigenvalue weighted by atomic mass is 10.8. The monoisotopic (exact) mass is 258 g/mol. The summed E-state index contributed by atoms with van der Waals surface area (Å²) in [4.78, 5) is 11.2. The Morgan fingerprint density at radius 2 is 1.80 bits per heavy atom. The normalized spacial score (nSPS) is 13.9. The van der Waals surface area contributed by atoms with Crippen molar-refractivity contribution in [3.8, 4) is 0 Å². The first kappa shape index (κ1) is 15.1. The van der Waals surface area contributed by atoms with Gasteiger partial charge in [-0.1, -0.05) is 18.7 Å². The molecule has 1 unspecified atom stereocenters. The van der Waals surface area contributed by atoms with E-state index < -0.39 is 18.6 Å². The molecule has 0 aromatic rings. The molecule has 0 aromatic carbocycles. The Kier molecular flexibility index (Phi) is 7.44. The van der Waals surface area contributed by atoms with E-state index in [1.165, 1.54) is 0 Å². The third-order valence-corrected chi connectivity index (χ3v) is 4.36. The van der Waals surface area contributed by atoms with E-state index in [1.54, 1.807) is 20.8 Å². The van der Waals surface area contributed by atoms with Gasteiger partial charge in [0, 0.05) is 0 Å². The number of thioether (sulfide) groups is 1. The number of alkyl halides is 1. The molecule has 0 N–H and O–H groups in total. The van der Waals surface area contributed by atoms with Gasteiger partial charge in [0.05, 0.1) is 13.2 Å². The minimum Gasteiger partial charge on any atom is -0.307 e. The molecule has 0 heterocycles. The molecule has 0 saturated carbocycles. The van der Waals surface area contributed by atoms with Gasteiger partial charge in [-0.25, -0.2) is 4.39 Å². The van der Waals surface area contributed by atoms with Crippen LogP contribution in [0.5, 0.6) is 0 Å². The number of halogens is 1. The number of hydrogen-bond donors (Lipinski definition) is 0. The minimum absolute atomic E-state index is 0.0434. The molecule has 0 aliphatic carbocycles. The molecule has 0 aliphatic heterocycles. The average molecular weight is 258 g/mol. The van der Waals surface area contributed by atoms with E-state index >= 15 is 0 Å². The fourth-order valence-electron chi connectivity index (χ4n) is 0.868. The summed E-state index contributed by atoms with van der Waals surface area (Å²) in [6.45, 7) is 4.93. The van der Waals surface area contributed by atoms with E-state index in [9.17, 15) is 13.8 Å². The molecule has 0 amide bonds. The van der Waals surface area contributed by atoms with Crippen molar-refractivity contribution in [1.82, 2.24) is 0 Å². The maximum atomic E-state index is 13.5. The summed E-state index contributed by atoms with van der Waals surface area (Å²) < 4.78 is 34.7. The van der Waals surface area contributed by atoms with Crippen molar-refractivity contribution in [3.05, 3.63) is 0 Å². The maximum Gasteiger partial charge on any atom is 0.373 e. The Morgan fingerprint density at radius 3 is 2.13 bits per heavy atom. The summed E-state index contributed by atoms with van der Waals surface area (Å²) in [6, 6.07) is 0. The molecule has 0 radical (unpaired) electrons. The van der Waals surface area contributed by atoms with Gasteiger partial charge in [0.1, 0.15) is 0 Å². The van der Waals surface area contributed by atoms with Crippen molar-refractivity contribution in [2.45, 2.75) is 26.7 Å². The SMILES string of the molecule is CCOP(=O)(OCC)C(F)C(=O)SCC. The van der Waals surface area contributed by atoms with Gasteiger partial charge in [0.2, 0.25) is 5.12 Å². The maximum absolute atomic E-state index is 13.5. The molecular weight excluding hydrogens is 242 g/mol. The predicted octanol–water partition coefficient (Wildman–Crippen LogP) is 2.83. The first-order valence-electron chi connectivity index (χ1n) is 4.71. The third-order valence-electron chi connectivity index (χ3n) is 1.38. The van der Waals surface area contributed by atoms with Crippen LogP contribution < -0.4 is 0 Å². The van der Waals surface area contributed by atoms with Crippen LogP contribution in [0.2, 0.25) is 0 Å². The highest BCUT2D eigenvalue weighted by atomic mass is 32.2. The van der Waals surface area contributed by atoms with E-state index in [0.29, 0.717) is 5.75 Å². The van der Waals surface area contributed by atoms with Crippen LogP contribution in [0.15, 0.2) is 0 Å². The first-order chi connectivity index (χ1) is 7.01. The highest BCUT2D eigenvalue weighted by Crippen LogP contribution is 2.54. The lowest BCUT2D eigenvalue weighted by molar-refractivity contribution is -0.113. The van der Waals surface area contributed by atoms with Crippen molar-refractivity contribution >= 4 is 24.5 Å². The standard InChI is InChI=1S/C8H16FO4PS/c1-4-12-14(11,13-5-2)7(9)8(10)15-6-3/h7H,4-6H2,1-3H3. The van der Waals surface area contributed by atoms with E-state index in [2.05, 4.69) is 0 Å². The van der Waals surface area contributed by atoms with Crippen LogP contribution >= 0.6 is 19.4 Å². The van der Waals surface area contributed by atoms with Gasteiger partial charge >= 0.3 is 7.60 Å². The molecule has 0 spiro atoms. The molecule has 0 aliphatic rings. The zero-order valence-corrected chi connectivity index (χ0v) is 10.8. The molecule has 0 rings (SSSR count). The number of carbonyl (C=O) groups excluding carboxylic acids is 1. The van der Waals surface area contributed by atoms with E-state index in [0.717, 1.165) is 11.8 Å². The highest BCUT2D eigenvalue weighted by Gasteiger charge is 2.41. The van der Waals surface area contributed by atoms with Crippen LogP contribution in [-0.2, 0) is 18.4 Å². The Hall–Kier alpha value is 0.100. The number of rotatable bonds is 7. The molecule has 4 nitrogen and oxygen atoms in total. The molecule has 1 atom stereocenters. The molecule has 0 fully saturated rings. The lowest BCUT2D eigenvalue weighted by Crippen LogP contribution is -2.16. The van der Waals surface area contributed by atoms with Gasteiger partial charge in [0.15, 0.2) is 0 Å². The molecule has 15 heavy (non-hydrogen) atoms. The largest absolute Gasteiger partial charge is 0.373 e. The van der Waals surface area contributed by atoms with Gasteiger partial charge in [-0.05, 0) is 19.6 Å². The van der Waals surface area contributed by atoms with E-state index in [4.69, 9.17) is 9.05 Å². The van der Waals surface area contributed by atoms with Gasteiger partial charge in [-0.2, -0.15) is 0 Å². The fraction of sp³-hybridized carbons (Fsp3) is 0.875. The summed E-state index contributed by atoms with van der Waals surface area (Å²) in [6.07, 6.45) is 0. The van der Waals surface area contributed by atoms with Crippen LogP contribution in [0.25, 0.3) is 0 Å². The molecule has 0 bridgehead atoms. The summed E-state index contributed by atoms with van der Waals surface area (Å²) in [5.41, 5.74) is 0. The second kappa shape index (κ2) is 7.39. The van der Waals surface area contributed by atoms with Crippen LogP contribution in [0.3, 0.4) is 0 Å². The van der Waals surface area contributed by atoms with Crippen LogP contribution in [0.1, 0.15) is 20.8 Å². The zero-order chi connectivity index (χ0) is 11.9. The Morgan fingerprint density at radius 1 is 1.33 bits per heavy atom. The average Bonchev–Trinajstić information content (AvgIpc) is 2.17. The first-order valence-corrected chi connectivity index (χ1v) is 7.31. The molecule has 7 heteroatoms. The van der Waals surface area contributed by atoms with E-state index in [-0.39, 0.29) is 13.2 Å². The fourth-order valence-corrected chi connectivity index (χ4v) is 3.22. The van der Waals surface area contributed by atoms with Gasteiger partial charge in [-0.3, -0.25) is 9.36 Å². The quantitative estimate of drug-likeness (QED) is 0.657. The second-order valence-electron chi connectivity index (χ2n) is 2.46. The number of hydrogen-bond acceptors (Lipinski definition) is 5. The topological polar surface area (TPSA) is 52.6 Å². The Bertz CT molecular complexity index is 239. The zero-order valence-electron chi connectivity index (χ0n) is 9.07. The van der Waals surface area contributed by atoms with Crippen molar-refractivity contribution < 1.29 is 22.8 Å². The van der Waals surface area contributed by atoms with Crippen LogP contribution in [-0.4, -0.2) is 30.0 Å². The molecule has 0 aromatic heterocycles. The summed E-state index contributed by atoms with van der Waals surface area (Å²) >= 11 is 0.772. The summed E-state index contributed by atoms with van der Waals surface area (Å²) in [5, 5.41) is -0.803. The summed E-state index contributed by atoms with van der Waals surface area (Å²) in [5.74, 6) is -1.76. The van der Waals surface area contributed by atoms with Crippen molar-refractivity contribution in [3.63, 3.8) is 0 Å². The second-order valence-corrected chi connectivity index (χ2v) is 5.78. The lowest BCUT2D eigenvalue weighted by Gasteiger charge is -2.19. The van der Waals surface area contributed by atoms with Crippen molar-refractivity contribution in [1.29, 1.82) is 0 Å². The van der Waals surface area contributed by atoms with Crippen LogP contribution in [0, 0.1) is 0 Å². The Labute approximate surface area is 93.4 Å². The van der Waals surface area contributed by atoms with Gasteiger partial charge < -0.3 is 9.05 Å². The van der Waals surface area contributed by atoms with Crippen molar-refractivity contribution in [2.24, 2.45) is 0 Å². The minimum atomic E-state index is -3.93.